The van der Waals surface area contributed by atoms with Crippen LogP contribution in [0.2, 0.25) is 0 Å². The third-order valence-corrected chi connectivity index (χ3v) is 5.63. The topological polar surface area (TPSA) is 77.8 Å². The van der Waals surface area contributed by atoms with Gasteiger partial charge in [0.1, 0.15) is 17.1 Å². The summed E-state index contributed by atoms with van der Waals surface area (Å²) in [5, 5.41) is 31.3. The molecule has 0 bridgehead atoms. The number of allylic oxidation sites excluding steroid dienone is 3. The van der Waals surface area contributed by atoms with Gasteiger partial charge in [-0.15, -0.1) is 0 Å². The van der Waals surface area contributed by atoms with E-state index in [0.29, 0.717) is 17.5 Å². The van der Waals surface area contributed by atoms with Crippen molar-refractivity contribution >= 4 is 5.97 Å². The van der Waals surface area contributed by atoms with Crippen LogP contribution in [0.4, 0.5) is 0 Å². The minimum Gasteiger partial charge on any atom is -0.507 e. The molecule has 1 aromatic rings. The zero-order valence-electron chi connectivity index (χ0n) is 16.7. The van der Waals surface area contributed by atoms with Crippen LogP contribution < -0.4 is 0 Å². The number of phenols is 2. The molecule has 0 amide bonds. The van der Waals surface area contributed by atoms with E-state index in [0.717, 1.165) is 44.1 Å². The molecule has 3 N–H and O–H groups in total. The zero-order chi connectivity index (χ0) is 20.1. The van der Waals surface area contributed by atoms with Gasteiger partial charge in [-0.2, -0.15) is 0 Å². The minimum absolute atomic E-state index is 0.0230. The molecule has 1 unspecified atom stereocenters. The fourth-order valence-corrected chi connectivity index (χ4v) is 4.14. The number of unbranched alkanes of at least 4 members (excludes halogenated alkanes) is 3. The predicted molar refractivity (Wildman–Crippen MR) is 109 cm³/mol. The van der Waals surface area contributed by atoms with Crippen molar-refractivity contribution in [2.24, 2.45) is 5.92 Å². The van der Waals surface area contributed by atoms with E-state index in [4.69, 9.17) is 0 Å². The molecule has 2 rings (SSSR count). The van der Waals surface area contributed by atoms with E-state index in [9.17, 15) is 20.1 Å². The Kier molecular flexibility index (Phi) is 7.11. The lowest BCUT2D eigenvalue weighted by molar-refractivity contribution is 0.0692. The van der Waals surface area contributed by atoms with Gasteiger partial charge in [-0.3, -0.25) is 0 Å². The molecule has 0 spiro atoms. The molecule has 148 valence electrons. The second-order valence-electron chi connectivity index (χ2n) is 7.84. The van der Waals surface area contributed by atoms with Gasteiger partial charge < -0.3 is 15.3 Å². The van der Waals surface area contributed by atoms with Crippen LogP contribution in [0, 0.1) is 5.92 Å². The number of carboxylic acid groups (broad SMARTS) is 1. The van der Waals surface area contributed by atoms with E-state index >= 15 is 0 Å². The van der Waals surface area contributed by atoms with Crippen LogP contribution in [0.1, 0.15) is 86.7 Å². The Bertz CT molecular complexity index is 745. The van der Waals surface area contributed by atoms with Crippen molar-refractivity contribution in [2.75, 3.05) is 0 Å². The van der Waals surface area contributed by atoms with E-state index in [-0.39, 0.29) is 28.9 Å². The molecule has 0 aliphatic heterocycles. The van der Waals surface area contributed by atoms with Crippen molar-refractivity contribution in [1.29, 1.82) is 0 Å². The molecule has 0 saturated carbocycles. The number of hydrogen-bond acceptors (Lipinski definition) is 3. The number of aryl methyl sites for hydroxylation is 1. The van der Waals surface area contributed by atoms with Gasteiger partial charge in [0.15, 0.2) is 0 Å². The average Bonchev–Trinajstić information content (AvgIpc) is 2.57. The smallest absolute Gasteiger partial charge is 0.339 e. The van der Waals surface area contributed by atoms with Gasteiger partial charge in [0.25, 0.3) is 0 Å². The van der Waals surface area contributed by atoms with E-state index in [2.05, 4.69) is 13.5 Å². The lowest BCUT2D eigenvalue weighted by atomic mass is 9.73. The number of benzene rings is 1. The maximum absolute atomic E-state index is 11.9. The summed E-state index contributed by atoms with van der Waals surface area (Å²) in [6.07, 6.45) is 8.40. The van der Waals surface area contributed by atoms with Gasteiger partial charge >= 0.3 is 5.97 Å². The molecule has 27 heavy (non-hydrogen) atoms. The summed E-state index contributed by atoms with van der Waals surface area (Å²) >= 11 is 0. The normalized spacial score (nSPS) is 19.6. The molecule has 1 aliphatic carbocycles. The first-order valence-corrected chi connectivity index (χ1v) is 9.91. The van der Waals surface area contributed by atoms with Crippen LogP contribution in [0.15, 0.2) is 29.9 Å². The first-order chi connectivity index (χ1) is 12.8. The molecule has 0 saturated heterocycles. The van der Waals surface area contributed by atoms with Gasteiger partial charge in [-0.05, 0) is 57.1 Å². The SMILES string of the molecule is C=C(C)[C@@H]1CCC(C)=CC1c1c(O)cc(CCCCCC)c(C(=O)O)c1O. The van der Waals surface area contributed by atoms with Gasteiger partial charge in [0, 0.05) is 11.5 Å². The monoisotopic (exact) mass is 372 g/mol. The summed E-state index contributed by atoms with van der Waals surface area (Å²) in [4.78, 5) is 11.9. The summed E-state index contributed by atoms with van der Waals surface area (Å²) in [7, 11) is 0. The number of aromatic carboxylic acids is 1. The summed E-state index contributed by atoms with van der Waals surface area (Å²) in [6.45, 7) is 10.1. The van der Waals surface area contributed by atoms with E-state index in [1.807, 2.05) is 19.9 Å². The summed E-state index contributed by atoms with van der Waals surface area (Å²) in [5.74, 6) is -1.66. The number of carbonyl (C=O) groups is 1. The molecule has 0 aromatic heterocycles. The highest BCUT2D eigenvalue weighted by molar-refractivity contribution is 5.94. The van der Waals surface area contributed by atoms with Gasteiger partial charge in [0.05, 0.1) is 0 Å². The highest BCUT2D eigenvalue weighted by atomic mass is 16.4. The standard InChI is InChI=1S/C23H32O4/c1-5-6-7-8-9-16-13-19(24)21(22(25)20(16)23(26)27)18-12-15(4)10-11-17(18)14(2)3/h12-13,17-18,24-25H,2,5-11H2,1,3-4H3,(H,26,27)/t17-,18?/m0/s1. The van der Waals surface area contributed by atoms with Crippen LogP contribution in [-0.4, -0.2) is 21.3 Å². The maximum Gasteiger partial charge on any atom is 0.339 e. The van der Waals surface area contributed by atoms with Crippen molar-refractivity contribution in [3.8, 4) is 11.5 Å². The van der Waals surface area contributed by atoms with E-state index in [1.54, 1.807) is 0 Å². The third-order valence-electron chi connectivity index (χ3n) is 5.63. The zero-order valence-corrected chi connectivity index (χ0v) is 16.7. The number of hydrogen-bond donors (Lipinski definition) is 3. The van der Waals surface area contributed by atoms with Crippen molar-refractivity contribution in [3.63, 3.8) is 0 Å². The van der Waals surface area contributed by atoms with Gasteiger partial charge in [-0.25, -0.2) is 4.79 Å². The number of phenolic OH excluding ortho intramolecular Hbond substituents is 1. The van der Waals surface area contributed by atoms with E-state index in [1.165, 1.54) is 11.6 Å². The van der Waals surface area contributed by atoms with Crippen LogP contribution in [0.25, 0.3) is 0 Å². The molecule has 0 radical (unpaired) electrons. The summed E-state index contributed by atoms with van der Waals surface area (Å²) in [6, 6.07) is 1.54. The molecular formula is C23H32O4. The fraction of sp³-hybridized carbons (Fsp3) is 0.522. The quantitative estimate of drug-likeness (QED) is 0.390. The maximum atomic E-state index is 11.9. The molecular weight excluding hydrogens is 340 g/mol. The third kappa shape index (κ3) is 4.74. The molecule has 4 nitrogen and oxygen atoms in total. The number of carboxylic acids is 1. The molecule has 1 aromatic carbocycles. The lowest BCUT2D eigenvalue weighted by Gasteiger charge is -2.32. The van der Waals surface area contributed by atoms with Crippen molar-refractivity contribution in [2.45, 2.75) is 71.6 Å². The molecule has 2 atom stereocenters. The minimum atomic E-state index is -1.15. The molecule has 0 fully saturated rings. The van der Waals surface area contributed by atoms with Gasteiger partial charge in [-0.1, -0.05) is 50.0 Å². The Labute approximate surface area is 162 Å². The molecule has 4 heteroatoms. The van der Waals surface area contributed by atoms with Crippen LogP contribution in [-0.2, 0) is 6.42 Å². The van der Waals surface area contributed by atoms with Gasteiger partial charge in [0.2, 0.25) is 0 Å². The molecule has 0 heterocycles. The van der Waals surface area contributed by atoms with Crippen molar-refractivity contribution in [3.05, 3.63) is 46.6 Å². The van der Waals surface area contributed by atoms with Crippen LogP contribution >= 0.6 is 0 Å². The van der Waals surface area contributed by atoms with Crippen molar-refractivity contribution < 1.29 is 20.1 Å². The Morgan fingerprint density at radius 2 is 1.96 bits per heavy atom. The van der Waals surface area contributed by atoms with E-state index < -0.39 is 5.97 Å². The largest absolute Gasteiger partial charge is 0.507 e. The Morgan fingerprint density at radius 1 is 1.26 bits per heavy atom. The molecule has 1 aliphatic rings. The highest BCUT2D eigenvalue weighted by Crippen LogP contribution is 2.48. The first kappa shape index (κ1) is 21.1. The summed E-state index contributed by atoms with van der Waals surface area (Å²) < 4.78 is 0. The van der Waals surface area contributed by atoms with Crippen molar-refractivity contribution in [1.82, 2.24) is 0 Å². The number of rotatable bonds is 8. The Hall–Kier alpha value is -2.23. The Morgan fingerprint density at radius 3 is 2.56 bits per heavy atom. The average molecular weight is 373 g/mol. The first-order valence-electron chi connectivity index (χ1n) is 9.91. The van der Waals surface area contributed by atoms with Crippen LogP contribution in [0.3, 0.4) is 0 Å². The summed E-state index contributed by atoms with van der Waals surface area (Å²) in [5.41, 5.74) is 2.90. The number of aromatic hydroxyl groups is 2. The predicted octanol–water partition coefficient (Wildman–Crippen LogP) is 5.93. The Balaban J connectivity index is 2.51. The lowest BCUT2D eigenvalue weighted by Crippen LogP contribution is -2.18. The second-order valence-corrected chi connectivity index (χ2v) is 7.84. The second kappa shape index (κ2) is 9.12. The highest BCUT2D eigenvalue weighted by Gasteiger charge is 2.32. The fourth-order valence-electron chi connectivity index (χ4n) is 4.14. The van der Waals surface area contributed by atoms with Crippen LogP contribution in [0.5, 0.6) is 11.5 Å².